The second-order valence-electron chi connectivity index (χ2n) is 8.30. The van der Waals surface area contributed by atoms with Crippen LogP contribution in [0.2, 0.25) is 0 Å². The topological polar surface area (TPSA) is 37.4 Å². The van der Waals surface area contributed by atoms with E-state index in [2.05, 4.69) is 31.0 Å². The maximum Gasteiger partial charge on any atom is 0.157 e. The van der Waals surface area contributed by atoms with Gasteiger partial charge in [0.1, 0.15) is 0 Å². The summed E-state index contributed by atoms with van der Waals surface area (Å²) in [6.07, 6.45) is 2.71. The van der Waals surface area contributed by atoms with E-state index in [0.29, 0.717) is 12.2 Å². The number of ketones is 1. The van der Waals surface area contributed by atoms with Crippen molar-refractivity contribution in [2.24, 2.45) is 5.92 Å². The number of nitrogens with zero attached hydrogens (tertiary/aromatic N) is 1. The first-order valence-electron chi connectivity index (χ1n) is 10.3. The van der Waals surface area contributed by atoms with Crippen molar-refractivity contribution < 1.29 is 9.00 Å². The normalized spacial score (nSPS) is 31.1. The highest BCUT2D eigenvalue weighted by molar-refractivity contribution is 7.85. The average molecular weight is 396 g/mol. The fourth-order valence-electron chi connectivity index (χ4n) is 5.31. The van der Waals surface area contributed by atoms with Gasteiger partial charge in [0.05, 0.1) is 22.1 Å². The zero-order valence-corrected chi connectivity index (χ0v) is 17.7. The molecule has 2 aromatic carbocycles. The van der Waals surface area contributed by atoms with Crippen molar-refractivity contribution in [3.63, 3.8) is 0 Å². The Morgan fingerprint density at radius 1 is 1.07 bits per heavy atom. The number of aryl methyl sites for hydroxylation is 1. The van der Waals surface area contributed by atoms with Crippen LogP contribution in [0.3, 0.4) is 0 Å². The van der Waals surface area contributed by atoms with Crippen molar-refractivity contribution in [3.05, 3.63) is 65.7 Å². The van der Waals surface area contributed by atoms with E-state index in [9.17, 15) is 9.00 Å². The number of Topliss-reactive ketones (excluding diaryl/α,β-unsaturated/α-hetero) is 1. The Balaban J connectivity index is 1.72. The molecule has 2 aliphatic rings. The molecular formula is C24H29NO2S. The number of piperidine rings is 1. The zero-order chi connectivity index (χ0) is 19.8. The summed E-state index contributed by atoms with van der Waals surface area (Å²) in [5.41, 5.74) is 2.29. The molecule has 0 N–H and O–H groups in total. The largest absolute Gasteiger partial charge is 0.297 e. The molecule has 0 spiro atoms. The second-order valence-corrected chi connectivity index (χ2v) is 9.97. The van der Waals surface area contributed by atoms with Crippen LogP contribution < -0.4 is 0 Å². The summed E-state index contributed by atoms with van der Waals surface area (Å²) in [5, 5.41) is 0.00641. The molecule has 0 aliphatic carbocycles. The molecule has 2 bridgehead atoms. The van der Waals surface area contributed by atoms with E-state index < -0.39 is 10.8 Å². The van der Waals surface area contributed by atoms with Gasteiger partial charge in [0, 0.05) is 16.9 Å². The molecule has 28 heavy (non-hydrogen) atoms. The van der Waals surface area contributed by atoms with Gasteiger partial charge in [-0.25, -0.2) is 0 Å². The van der Waals surface area contributed by atoms with Crippen LogP contribution in [0, 0.1) is 12.8 Å². The molecule has 0 unspecified atom stereocenters. The number of benzene rings is 2. The SMILES string of the molecule is CCC[C@@H]1[C@H]2[C@H]([S@@](=O)c3ccc(C)cc3)C[C@@H](C(=O)[C@H]1c1ccccc1)N2C. The van der Waals surface area contributed by atoms with E-state index in [-0.39, 0.29) is 29.2 Å². The number of rotatable bonds is 5. The highest BCUT2D eigenvalue weighted by Gasteiger charge is 2.56. The van der Waals surface area contributed by atoms with Crippen LogP contribution in [0.1, 0.15) is 43.2 Å². The smallest absolute Gasteiger partial charge is 0.157 e. The predicted octanol–water partition coefficient (Wildman–Crippen LogP) is 4.33. The van der Waals surface area contributed by atoms with Crippen LogP contribution in [0.15, 0.2) is 59.5 Å². The Kier molecular flexibility index (Phi) is 5.52. The molecular weight excluding hydrogens is 366 g/mol. The van der Waals surface area contributed by atoms with Crippen molar-refractivity contribution in [2.75, 3.05) is 7.05 Å². The Morgan fingerprint density at radius 3 is 2.39 bits per heavy atom. The van der Waals surface area contributed by atoms with E-state index in [4.69, 9.17) is 0 Å². The molecule has 0 amide bonds. The molecule has 4 rings (SSSR count). The Bertz CT molecular complexity index is 864. The van der Waals surface area contributed by atoms with Crippen LogP contribution in [0.25, 0.3) is 0 Å². The fraction of sp³-hybridized carbons (Fsp3) is 0.458. The highest BCUT2D eigenvalue weighted by atomic mass is 32.2. The van der Waals surface area contributed by atoms with Gasteiger partial charge < -0.3 is 0 Å². The number of likely N-dealkylation sites (N-methyl/N-ethyl adjacent to an activating group) is 1. The molecule has 0 saturated carbocycles. The molecule has 2 saturated heterocycles. The fourth-order valence-corrected chi connectivity index (χ4v) is 7.07. The number of fused-ring (bicyclic) bond motifs is 2. The van der Waals surface area contributed by atoms with Crippen molar-refractivity contribution in [3.8, 4) is 0 Å². The zero-order valence-electron chi connectivity index (χ0n) is 16.9. The summed E-state index contributed by atoms with van der Waals surface area (Å²) in [6, 6.07) is 18.3. The lowest BCUT2D eigenvalue weighted by Crippen LogP contribution is -2.53. The lowest BCUT2D eigenvalue weighted by molar-refractivity contribution is -0.130. The van der Waals surface area contributed by atoms with Gasteiger partial charge in [-0.2, -0.15) is 0 Å². The quantitative estimate of drug-likeness (QED) is 0.756. The number of carbonyl (C=O) groups excluding carboxylic acids is 1. The van der Waals surface area contributed by atoms with Gasteiger partial charge in [-0.1, -0.05) is 61.4 Å². The van der Waals surface area contributed by atoms with Crippen molar-refractivity contribution in [1.29, 1.82) is 0 Å². The highest BCUT2D eigenvalue weighted by Crippen LogP contribution is 2.48. The van der Waals surface area contributed by atoms with E-state index in [1.165, 1.54) is 5.56 Å². The standard InChI is InChI=1S/C24H29NO2S/c1-4-8-19-22(17-9-6-5-7-10-17)24(26)20-15-21(23(19)25(20)3)28(27)18-13-11-16(2)12-14-18/h5-7,9-14,19-23H,4,8,15H2,1-3H3/t19-,20-,21+,22-,23-,28-/m0/s1. The molecule has 2 aromatic rings. The summed E-state index contributed by atoms with van der Waals surface area (Å²) >= 11 is 0. The third kappa shape index (κ3) is 3.27. The van der Waals surface area contributed by atoms with Crippen LogP contribution in [0.4, 0.5) is 0 Å². The molecule has 2 fully saturated rings. The summed E-state index contributed by atoms with van der Waals surface area (Å²) < 4.78 is 13.5. The van der Waals surface area contributed by atoms with Gasteiger partial charge in [0.25, 0.3) is 0 Å². The molecule has 6 atom stereocenters. The molecule has 0 aromatic heterocycles. The van der Waals surface area contributed by atoms with Crippen LogP contribution in [0.5, 0.6) is 0 Å². The maximum absolute atomic E-state index is 13.5. The van der Waals surface area contributed by atoms with Gasteiger partial charge in [0.2, 0.25) is 0 Å². The van der Waals surface area contributed by atoms with Gasteiger partial charge in [-0.15, -0.1) is 0 Å². The summed E-state index contributed by atoms with van der Waals surface area (Å²) in [6.45, 7) is 4.23. The lowest BCUT2D eigenvalue weighted by atomic mass is 9.73. The monoisotopic (exact) mass is 395 g/mol. The minimum absolute atomic E-state index is 0.00641. The molecule has 2 heterocycles. The Hall–Kier alpha value is -1.78. The van der Waals surface area contributed by atoms with E-state index in [1.807, 2.05) is 49.4 Å². The van der Waals surface area contributed by atoms with Crippen molar-refractivity contribution in [2.45, 2.75) is 61.3 Å². The van der Waals surface area contributed by atoms with E-state index >= 15 is 0 Å². The summed E-state index contributed by atoms with van der Waals surface area (Å²) in [5.74, 6) is 0.447. The first kappa shape index (κ1) is 19.5. The van der Waals surface area contributed by atoms with Gasteiger partial charge >= 0.3 is 0 Å². The number of hydrogen-bond donors (Lipinski definition) is 0. The second kappa shape index (κ2) is 7.92. The van der Waals surface area contributed by atoms with E-state index in [1.54, 1.807) is 0 Å². The molecule has 4 heteroatoms. The summed E-state index contributed by atoms with van der Waals surface area (Å²) in [4.78, 5) is 16.6. The third-order valence-electron chi connectivity index (χ3n) is 6.61. The maximum atomic E-state index is 13.5. The van der Waals surface area contributed by atoms with Gasteiger partial charge in [-0.3, -0.25) is 13.9 Å². The van der Waals surface area contributed by atoms with Gasteiger partial charge in [0.15, 0.2) is 5.78 Å². The molecule has 148 valence electrons. The first-order chi connectivity index (χ1) is 13.5. The number of carbonyl (C=O) groups is 1. The third-order valence-corrected chi connectivity index (χ3v) is 8.37. The number of hydrogen-bond acceptors (Lipinski definition) is 3. The van der Waals surface area contributed by atoms with Crippen molar-refractivity contribution in [1.82, 2.24) is 4.90 Å². The van der Waals surface area contributed by atoms with Crippen molar-refractivity contribution >= 4 is 16.6 Å². The average Bonchev–Trinajstić information content (AvgIpc) is 2.98. The first-order valence-corrected chi connectivity index (χ1v) is 11.5. The molecule has 3 nitrogen and oxygen atoms in total. The van der Waals surface area contributed by atoms with E-state index in [0.717, 1.165) is 23.3 Å². The van der Waals surface area contributed by atoms with Crippen LogP contribution in [-0.2, 0) is 15.6 Å². The summed E-state index contributed by atoms with van der Waals surface area (Å²) in [7, 11) is 0.956. The van der Waals surface area contributed by atoms with Crippen LogP contribution >= 0.6 is 0 Å². The minimum Gasteiger partial charge on any atom is -0.297 e. The Morgan fingerprint density at radius 2 is 1.75 bits per heavy atom. The Labute approximate surface area is 170 Å². The van der Waals surface area contributed by atoms with Crippen LogP contribution in [-0.4, -0.2) is 39.3 Å². The molecule has 0 radical (unpaired) electrons. The minimum atomic E-state index is -1.10. The predicted molar refractivity (Wildman–Crippen MR) is 114 cm³/mol. The van der Waals surface area contributed by atoms with Gasteiger partial charge in [-0.05, 0) is 50.4 Å². The lowest BCUT2D eigenvalue weighted by Gasteiger charge is -2.43. The molecule has 2 aliphatic heterocycles.